The van der Waals surface area contributed by atoms with E-state index >= 15 is 0 Å². The molecule has 0 radical (unpaired) electrons. The third-order valence-corrected chi connectivity index (χ3v) is 3.36. The van der Waals surface area contributed by atoms with Gasteiger partial charge in [0.05, 0.1) is 5.30 Å². The molecule has 0 unspecified atom stereocenters. The molecule has 0 spiro atoms. The number of aromatic hydroxyl groups is 1. The lowest BCUT2D eigenvalue weighted by Gasteiger charge is -2.13. The molecule has 0 aliphatic carbocycles. The minimum atomic E-state index is -0.0451. The van der Waals surface area contributed by atoms with Gasteiger partial charge in [-0.25, -0.2) is 0 Å². The molecule has 0 aliphatic rings. The molecule has 92 valence electrons. The second-order valence-corrected chi connectivity index (χ2v) is 4.90. The van der Waals surface area contributed by atoms with E-state index in [1.165, 1.54) is 6.07 Å². The number of phenols is 1. The zero-order valence-corrected chi connectivity index (χ0v) is 11.2. The number of benzene rings is 2. The molecule has 0 aliphatic heterocycles. The van der Waals surface area contributed by atoms with Gasteiger partial charge in [0.15, 0.2) is 8.46 Å². The summed E-state index contributed by atoms with van der Waals surface area (Å²) in [7, 11) is 3.91. The second-order valence-electron chi connectivity index (χ2n) is 4.23. The largest absolute Gasteiger partial charge is 0.508 e. The summed E-state index contributed by atoms with van der Waals surface area (Å²) in [6, 6.07) is 12.7. The van der Waals surface area contributed by atoms with Crippen LogP contribution in [0.3, 0.4) is 0 Å². The molecule has 2 aromatic rings. The van der Waals surface area contributed by atoms with Crippen molar-refractivity contribution in [2.24, 2.45) is 0 Å². The summed E-state index contributed by atoms with van der Waals surface area (Å²) in [4.78, 5) is 2.01. The average molecular weight is 259 g/mol. The Kier molecular flexibility index (Phi) is 3.63. The van der Waals surface area contributed by atoms with Crippen LogP contribution in [-0.4, -0.2) is 19.2 Å². The molecule has 0 saturated carbocycles. The maximum atomic E-state index is 11.1. The van der Waals surface area contributed by atoms with Crippen molar-refractivity contribution in [3.05, 3.63) is 42.5 Å². The van der Waals surface area contributed by atoms with Crippen molar-refractivity contribution in [3.8, 4) is 16.9 Å². The summed E-state index contributed by atoms with van der Waals surface area (Å²) in [5, 5.41) is 10.2. The molecule has 3 nitrogen and oxygen atoms in total. The quantitative estimate of drug-likeness (QED) is 0.861. The SMILES string of the molecule is CN(C)c1ccc(-c2cc(O)ccc2P=O)cc1. The van der Waals surface area contributed by atoms with Crippen LogP contribution in [0.4, 0.5) is 5.69 Å². The van der Waals surface area contributed by atoms with E-state index in [1.54, 1.807) is 12.1 Å². The lowest BCUT2D eigenvalue weighted by molar-refractivity contribution is 0.475. The van der Waals surface area contributed by atoms with Gasteiger partial charge in [0.25, 0.3) is 0 Å². The predicted molar refractivity (Wildman–Crippen MR) is 75.1 cm³/mol. The van der Waals surface area contributed by atoms with Gasteiger partial charge in [-0.15, -0.1) is 0 Å². The zero-order valence-electron chi connectivity index (χ0n) is 10.3. The van der Waals surface area contributed by atoms with Crippen LogP contribution in [0.25, 0.3) is 11.1 Å². The van der Waals surface area contributed by atoms with Crippen LogP contribution >= 0.6 is 8.46 Å². The lowest BCUT2D eigenvalue weighted by atomic mass is 10.0. The zero-order chi connectivity index (χ0) is 13.1. The van der Waals surface area contributed by atoms with Crippen LogP contribution in [0.15, 0.2) is 42.5 Å². The van der Waals surface area contributed by atoms with Crippen LogP contribution in [0.2, 0.25) is 0 Å². The van der Waals surface area contributed by atoms with Crippen molar-refractivity contribution in [1.29, 1.82) is 0 Å². The number of nitrogens with zero attached hydrogens (tertiary/aromatic N) is 1. The Morgan fingerprint density at radius 2 is 1.72 bits per heavy atom. The summed E-state index contributed by atoms with van der Waals surface area (Å²) in [6.45, 7) is 0. The number of anilines is 1. The molecule has 4 heteroatoms. The number of phenolic OH excluding ortho intramolecular Hbond substituents is 1. The van der Waals surface area contributed by atoms with Crippen LogP contribution in [-0.2, 0) is 4.57 Å². The summed E-state index contributed by atoms with van der Waals surface area (Å²) >= 11 is 0. The number of hydrogen-bond donors (Lipinski definition) is 1. The van der Waals surface area contributed by atoms with Gasteiger partial charge in [0.2, 0.25) is 0 Å². The fourth-order valence-electron chi connectivity index (χ4n) is 1.77. The fourth-order valence-corrected chi connectivity index (χ4v) is 2.20. The summed E-state index contributed by atoms with van der Waals surface area (Å²) in [5.74, 6) is 0.175. The molecule has 0 amide bonds. The van der Waals surface area contributed by atoms with Gasteiger partial charge in [-0.1, -0.05) is 12.1 Å². The van der Waals surface area contributed by atoms with E-state index in [2.05, 4.69) is 0 Å². The van der Waals surface area contributed by atoms with E-state index in [1.807, 2.05) is 43.3 Å². The van der Waals surface area contributed by atoms with Gasteiger partial charge in [-0.2, -0.15) is 0 Å². The molecule has 0 atom stereocenters. The molecule has 0 aromatic heterocycles. The minimum Gasteiger partial charge on any atom is -0.508 e. The normalized spacial score (nSPS) is 10.6. The fraction of sp³-hybridized carbons (Fsp3) is 0.143. The Labute approximate surface area is 108 Å². The van der Waals surface area contributed by atoms with Crippen LogP contribution in [0.1, 0.15) is 0 Å². The Morgan fingerprint density at radius 3 is 2.28 bits per heavy atom. The monoisotopic (exact) mass is 259 g/mol. The molecule has 1 N–H and O–H groups in total. The maximum absolute atomic E-state index is 11.1. The summed E-state index contributed by atoms with van der Waals surface area (Å²) in [5.41, 5.74) is 2.83. The Balaban J connectivity index is 2.48. The van der Waals surface area contributed by atoms with Gasteiger partial charge >= 0.3 is 0 Å². The minimum absolute atomic E-state index is 0.0451. The van der Waals surface area contributed by atoms with Crippen molar-refractivity contribution in [2.45, 2.75) is 0 Å². The van der Waals surface area contributed by atoms with Gasteiger partial charge in [-0.05, 0) is 35.9 Å². The highest BCUT2D eigenvalue weighted by Gasteiger charge is 2.07. The lowest BCUT2D eigenvalue weighted by Crippen LogP contribution is -2.08. The first-order valence-corrected chi connectivity index (χ1v) is 6.37. The van der Waals surface area contributed by atoms with E-state index in [-0.39, 0.29) is 14.2 Å². The highest BCUT2D eigenvalue weighted by Crippen LogP contribution is 2.26. The van der Waals surface area contributed by atoms with E-state index in [9.17, 15) is 9.67 Å². The standard InChI is InChI=1S/C14H14NO2P/c1-15(2)11-5-3-10(4-6-11)13-9-12(16)7-8-14(13)18-17/h3-9,16H,1-2H3. The van der Waals surface area contributed by atoms with Crippen LogP contribution < -0.4 is 10.2 Å². The molecule has 0 heterocycles. The number of hydrogen-bond acceptors (Lipinski definition) is 3. The first-order valence-electron chi connectivity index (χ1n) is 5.56. The van der Waals surface area contributed by atoms with Crippen molar-refractivity contribution in [2.75, 3.05) is 19.0 Å². The number of rotatable bonds is 3. The van der Waals surface area contributed by atoms with Gasteiger partial charge < -0.3 is 10.0 Å². The Bertz CT molecular complexity index is 565. The Morgan fingerprint density at radius 1 is 1.06 bits per heavy atom. The first kappa shape index (κ1) is 12.6. The first-order chi connectivity index (χ1) is 8.61. The highest BCUT2D eigenvalue weighted by atomic mass is 31.1. The van der Waals surface area contributed by atoms with Crippen molar-refractivity contribution in [1.82, 2.24) is 0 Å². The van der Waals surface area contributed by atoms with Crippen LogP contribution in [0, 0.1) is 0 Å². The predicted octanol–water partition coefficient (Wildman–Crippen LogP) is 3.04. The van der Waals surface area contributed by atoms with Crippen LogP contribution in [0.5, 0.6) is 5.75 Å². The third kappa shape index (κ3) is 2.52. The average Bonchev–Trinajstić information content (AvgIpc) is 2.39. The van der Waals surface area contributed by atoms with E-state index in [4.69, 9.17) is 0 Å². The smallest absolute Gasteiger partial charge is 0.192 e. The molecule has 18 heavy (non-hydrogen) atoms. The molecule has 2 aromatic carbocycles. The molecule has 2 rings (SSSR count). The summed E-state index contributed by atoms with van der Waals surface area (Å²) < 4.78 is 11.1. The Hall–Kier alpha value is -1.86. The van der Waals surface area contributed by atoms with Gasteiger partial charge in [-0.3, -0.25) is 4.57 Å². The summed E-state index contributed by atoms with van der Waals surface area (Å²) in [6.07, 6.45) is 0. The molecule has 0 saturated heterocycles. The van der Waals surface area contributed by atoms with E-state index in [0.717, 1.165) is 16.8 Å². The van der Waals surface area contributed by atoms with Crippen molar-refractivity contribution < 1.29 is 9.67 Å². The third-order valence-electron chi connectivity index (χ3n) is 2.77. The van der Waals surface area contributed by atoms with Crippen molar-refractivity contribution >= 4 is 19.5 Å². The molecule has 0 fully saturated rings. The van der Waals surface area contributed by atoms with E-state index in [0.29, 0.717) is 5.30 Å². The molecule has 0 bridgehead atoms. The molecular weight excluding hydrogens is 245 g/mol. The van der Waals surface area contributed by atoms with Gasteiger partial charge in [0.1, 0.15) is 5.75 Å². The maximum Gasteiger partial charge on any atom is 0.192 e. The second kappa shape index (κ2) is 5.19. The topological polar surface area (TPSA) is 40.5 Å². The molecular formula is C14H14NO2P. The van der Waals surface area contributed by atoms with Gasteiger partial charge in [0, 0.05) is 25.3 Å². The van der Waals surface area contributed by atoms with Crippen molar-refractivity contribution in [3.63, 3.8) is 0 Å². The highest BCUT2D eigenvalue weighted by molar-refractivity contribution is 7.34. The van der Waals surface area contributed by atoms with E-state index < -0.39 is 0 Å².